The van der Waals surface area contributed by atoms with Crippen molar-refractivity contribution in [3.8, 4) is 0 Å². The summed E-state index contributed by atoms with van der Waals surface area (Å²) in [7, 11) is 0. The average Bonchev–Trinajstić information content (AvgIpc) is 3.04. The Labute approximate surface area is 108 Å². The summed E-state index contributed by atoms with van der Waals surface area (Å²) in [6, 6.07) is 9.35. The molecular weight excluding hydrogens is 222 g/mol. The number of nitrogens with one attached hydrogen (secondary N) is 2. The quantitative estimate of drug-likeness (QED) is 0.773. The van der Waals surface area contributed by atoms with E-state index in [-0.39, 0.29) is 0 Å². The minimum atomic E-state index is 0.602. The third-order valence-electron chi connectivity index (χ3n) is 3.91. The molecule has 3 rings (SSSR count). The Balaban J connectivity index is 1.72. The maximum absolute atomic E-state index is 5.66. The molecule has 4 N–H and O–H groups in total. The summed E-state index contributed by atoms with van der Waals surface area (Å²) < 4.78 is 0. The first-order valence-electron chi connectivity index (χ1n) is 6.89. The molecule has 1 heterocycles. The zero-order valence-corrected chi connectivity index (χ0v) is 10.7. The Bertz CT molecular complexity index is 524. The molecule has 0 amide bonds. The summed E-state index contributed by atoms with van der Waals surface area (Å²) >= 11 is 0. The van der Waals surface area contributed by atoms with Gasteiger partial charge in [-0.05, 0) is 35.9 Å². The van der Waals surface area contributed by atoms with Crippen molar-refractivity contribution in [3.63, 3.8) is 0 Å². The number of aromatic nitrogens is 1. The molecule has 2 aromatic rings. The van der Waals surface area contributed by atoms with Crippen LogP contribution in [0.25, 0.3) is 10.9 Å². The van der Waals surface area contributed by atoms with E-state index in [0.717, 1.165) is 12.6 Å². The lowest BCUT2D eigenvalue weighted by Gasteiger charge is -2.10. The van der Waals surface area contributed by atoms with Gasteiger partial charge in [0.15, 0.2) is 0 Å². The minimum Gasteiger partial charge on any atom is -0.357 e. The van der Waals surface area contributed by atoms with Gasteiger partial charge >= 0.3 is 0 Å². The van der Waals surface area contributed by atoms with Crippen molar-refractivity contribution in [2.24, 2.45) is 5.73 Å². The Kier molecular flexibility index (Phi) is 3.35. The number of nitrogens with two attached hydrogens (primary N) is 1. The third kappa shape index (κ3) is 2.42. The highest BCUT2D eigenvalue weighted by Gasteiger charge is 2.14. The fourth-order valence-electron chi connectivity index (χ4n) is 2.84. The van der Waals surface area contributed by atoms with Gasteiger partial charge in [-0.1, -0.05) is 25.0 Å². The smallest absolute Gasteiger partial charge is 0.0459 e. The molecule has 1 aromatic heterocycles. The van der Waals surface area contributed by atoms with E-state index in [2.05, 4.69) is 34.6 Å². The molecule has 1 aliphatic rings. The minimum absolute atomic E-state index is 0.602. The van der Waals surface area contributed by atoms with Gasteiger partial charge in [-0.2, -0.15) is 0 Å². The lowest BCUT2D eigenvalue weighted by Crippen LogP contribution is -2.25. The van der Waals surface area contributed by atoms with Crippen molar-refractivity contribution < 1.29 is 0 Å². The van der Waals surface area contributed by atoms with Gasteiger partial charge in [-0.3, -0.25) is 0 Å². The van der Waals surface area contributed by atoms with Crippen LogP contribution in [0.15, 0.2) is 24.3 Å². The van der Waals surface area contributed by atoms with E-state index in [0.29, 0.717) is 6.54 Å². The SMILES string of the molecule is NCc1ccc2cc(CNC3CCCC3)[nH]c2c1. The predicted molar refractivity (Wildman–Crippen MR) is 75.3 cm³/mol. The predicted octanol–water partition coefficient (Wildman–Crippen LogP) is 2.66. The summed E-state index contributed by atoms with van der Waals surface area (Å²) in [4.78, 5) is 3.48. The van der Waals surface area contributed by atoms with Crippen LogP contribution in [0, 0.1) is 0 Å². The molecule has 1 saturated carbocycles. The zero-order chi connectivity index (χ0) is 12.4. The van der Waals surface area contributed by atoms with Crippen molar-refractivity contribution in [1.29, 1.82) is 0 Å². The van der Waals surface area contributed by atoms with Gasteiger partial charge in [0, 0.05) is 30.3 Å². The number of rotatable bonds is 4. The molecule has 1 fully saturated rings. The second kappa shape index (κ2) is 5.12. The molecule has 96 valence electrons. The first kappa shape index (κ1) is 11.8. The van der Waals surface area contributed by atoms with Crippen LogP contribution in [-0.2, 0) is 13.1 Å². The summed E-state index contributed by atoms with van der Waals surface area (Å²) in [6.45, 7) is 1.54. The van der Waals surface area contributed by atoms with Crippen molar-refractivity contribution in [3.05, 3.63) is 35.5 Å². The van der Waals surface area contributed by atoms with E-state index in [4.69, 9.17) is 5.73 Å². The molecular formula is C15H21N3. The van der Waals surface area contributed by atoms with Crippen LogP contribution in [0.2, 0.25) is 0 Å². The van der Waals surface area contributed by atoms with Crippen LogP contribution in [0.5, 0.6) is 0 Å². The molecule has 0 bridgehead atoms. The average molecular weight is 243 g/mol. The number of hydrogen-bond acceptors (Lipinski definition) is 2. The van der Waals surface area contributed by atoms with Gasteiger partial charge in [0.05, 0.1) is 0 Å². The molecule has 3 nitrogen and oxygen atoms in total. The number of aromatic amines is 1. The first-order valence-corrected chi connectivity index (χ1v) is 6.89. The van der Waals surface area contributed by atoms with Crippen LogP contribution < -0.4 is 11.1 Å². The van der Waals surface area contributed by atoms with Gasteiger partial charge in [0.2, 0.25) is 0 Å². The number of hydrogen-bond donors (Lipinski definition) is 3. The van der Waals surface area contributed by atoms with Crippen LogP contribution in [0.3, 0.4) is 0 Å². The van der Waals surface area contributed by atoms with Gasteiger partial charge in [0.25, 0.3) is 0 Å². The number of H-pyrrole nitrogens is 1. The van der Waals surface area contributed by atoms with Crippen molar-refractivity contribution in [1.82, 2.24) is 10.3 Å². The van der Waals surface area contributed by atoms with E-state index in [1.165, 1.54) is 47.8 Å². The molecule has 1 aromatic carbocycles. The van der Waals surface area contributed by atoms with E-state index in [1.54, 1.807) is 0 Å². The van der Waals surface area contributed by atoms with Crippen LogP contribution in [0.4, 0.5) is 0 Å². The highest BCUT2D eigenvalue weighted by atomic mass is 14.9. The molecule has 1 aliphatic carbocycles. The lowest BCUT2D eigenvalue weighted by molar-refractivity contribution is 0.520. The van der Waals surface area contributed by atoms with Crippen molar-refractivity contribution >= 4 is 10.9 Å². The summed E-state index contributed by atoms with van der Waals surface area (Å²) in [5.74, 6) is 0. The highest BCUT2D eigenvalue weighted by molar-refractivity contribution is 5.81. The monoisotopic (exact) mass is 243 g/mol. The molecule has 0 unspecified atom stereocenters. The normalized spacial score (nSPS) is 16.7. The summed E-state index contributed by atoms with van der Waals surface area (Å²) in [5.41, 5.74) is 9.31. The van der Waals surface area contributed by atoms with E-state index in [9.17, 15) is 0 Å². The van der Waals surface area contributed by atoms with Crippen LogP contribution in [-0.4, -0.2) is 11.0 Å². The maximum atomic E-state index is 5.66. The van der Waals surface area contributed by atoms with E-state index >= 15 is 0 Å². The number of benzene rings is 1. The largest absolute Gasteiger partial charge is 0.357 e. The molecule has 18 heavy (non-hydrogen) atoms. The molecule has 3 heteroatoms. The second-order valence-electron chi connectivity index (χ2n) is 5.28. The molecule has 0 atom stereocenters. The third-order valence-corrected chi connectivity index (χ3v) is 3.91. The van der Waals surface area contributed by atoms with Crippen molar-refractivity contribution in [2.45, 2.75) is 44.8 Å². The Morgan fingerprint density at radius 2 is 2.06 bits per heavy atom. The van der Waals surface area contributed by atoms with Gasteiger partial charge in [-0.25, -0.2) is 0 Å². The van der Waals surface area contributed by atoms with Gasteiger partial charge in [-0.15, -0.1) is 0 Å². The van der Waals surface area contributed by atoms with Crippen molar-refractivity contribution in [2.75, 3.05) is 0 Å². The van der Waals surface area contributed by atoms with Crippen LogP contribution >= 0.6 is 0 Å². The highest BCUT2D eigenvalue weighted by Crippen LogP contribution is 2.20. The Morgan fingerprint density at radius 1 is 1.22 bits per heavy atom. The Hall–Kier alpha value is -1.32. The summed E-state index contributed by atoms with van der Waals surface area (Å²) in [5, 5.41) is 4.91. The molecule has 0 spiro atoms. The van der Waals surface area contributed by atoms with E-state index in [1.807, 2.05) is 0 Å². The first-order chi connectivity index (χ1) is 8.85. The van der Waals surface area contributed by atoms with E-state index < -0.39 is 0 Å². The fourth-order valence-corrected chi connectivity index (χ4v) is 2.84. The fraction of sp³-hybridized carbons (Fsp3) is 0.467. The lowest BCUT2D eigenvalue weighted by atomic mass is 10.1. The summed E-state index contributed by atoms with van der Waals surface area (Å²) in [6.07, 6.45) is 5.42. The molecule has 0 aliphatic heterocycles. The topological polar surface area (TPSA) is 53.8 Å². The molecule has 0 saturated heterocycles. The van der Waals surface area contributed by atoms with Gasteiger partial charge in [0.1, 0.15) is 0 Å². The number of fused-ring (bicyclic) bond motifs is 1. The standard InChI is InChI=1S/C15H21N3/c16-9-11-5-6-12-8-14(18-15(12)7-11)10-17-13-3-1-2-4-13/h5-8,13,17-18H,1-4,9-10,16H2. The second-order valence-corrected chi connectivity index (χ2v) is 5.28. The Morgan fingerprint density at radius 3 is 2.83 bits per heavy atom. The molecule has 0 radical (unpaired) electrons. The van der Waals surface area contributed by atoms with Gasteiger partial charge < -0.3 is 16.0 Å². The van der Waals surface area contributed by atoms with Crippen LogP contribution in [0.1, 0.15) is 36.9 Å². The maximum Gasteiger partial charge on any atom is 0.0459 e. The zero-order valence-electron chi connectivity index (χ0n) is 10.7.